The first-order valence-corrected chi connectivity index (χ1v) is 9.42. The summed E-state index contributed by atoms with van der Waals surface area (Å²) in [5, 5.41) is 9.05. The molecular weight excluding hydrogens is 354 g/mol. The van der Waals surface area contributed by atoms with Crippen LogP contribution in [-0.2, 0) is 11.3 Å². The quantitative estimate of drug-likeness (QED) is 0.803. The molecule has 28 heavy (non-hydrogen) atoms. The number of carbonyl (C=O) groups is 2. The Bertz CT molecular complexity index is 971. The van der Waals surface area contributed by atoms with E-state index >= 15 is 0 Å². The van der Waals surface area contributed by atoms with Crippen LogP contribution in [0.4, 0.5) is 10.5 Å². The number of aryl methyl sites for hydroxylation is 1. The Kier molecular flexibility index (Phi) is 4.74. The fourth-order valence-electron chi connectivity index (χ4n) is 3.95. The van der Waals surface area contributed by atoms with E-state index in [1.807, 2.05) is 36.1 Å². The Morgan fingerprint density at radius 2 is 1.93 bits per heavy atom. The lowest BCUT2D eigenvalue weighted by Crippen LogP contribution is -2.50. The molecule has 142 valence electrons. The van der Waals surface area contributed by atoms with Gasteiger partial charge in [0.15, 0.2) is 0 Å². The number of carbonyl (C=O) groups excluding carboxylic acids is 2. The molecule has 0 radical (unpaired) electrons. The predicted octanol–water partition coefficient (Wildman–Crippen LogP) is 3.63. The molecule has 2 aliphatic heterocycles. The van der Waals surface area contributed by atoms with Gasteiger partial charge < -0.3 is 9.64 Å². The zero-order valence-electron chi connectivity index (χ0n) is 15.7. The SMILES string of the molecule is Cc1cc(C(=O)N2CCC(N3C(=O)OCc4ccccc43)CC2)ccc1C#N. The summed E-state index contributed by atoms with van der Waals surface area (Å²) < 4.78 is 5.33. The van der Waals surface area contributed by atoms with E-state index in [0.717, 1.165) is 16.8 Å². The minimum Gasteiger partial charge on any atom is -0.444 e. The van der Waals surface area contributed by atoms with E-state index in [-0.39, 0.29) is 18.0 Å². The number of anilines is 1. The van der Waals surface area contributed by atoms with Gasteiger partial charge in [0, 0.05) is 30.3 Å². The van der Waals surface area contributed by atoms with Crippen LogP contribution in [0.5, 0.6) is 0 Å². The van der Waals surface area contributed by atoms with Crippen LogP contribution < -0.4 is 4.90 Å². The number of rotatable bonds is 2. The molecule has 2 amide bonds. The minimum atomic E-state index is -0.314. The van der Waals surface area contributed by atoms with E-state index in [9.17, 15) is 9.59 Å². The van der Waals surface area contributed by atoms with Crippen LogP contribution in [0.2, 0.25) is 0 Å². The molecule has 1 saturated heterocycles. The van der Waals surface area contributed by atoms with E-state index < -0.39 is 0 Å². The van der Waals surface area contributed by atoms with Crippen molar-refractivity contribution in [2.45, 2.75) is 32.4 Å². The number of amides is 2. The number of nitrogens with zero attached hydrogens (tertiary/aromatic N) is 3. The van der Waals surface area contributed by atoms with E-state index in [2.05, 4.69) is 6.07 Å². The van der Waals surface area contributed by atoms with Crippen molar-refractivity contribution in [2.75, 3.05) is 18.0 Å². The van der Waals surface area contributed by atoms with E-state index in [1.165, 1.54) is 0 Å². The van der Waals surface area contributed by atoms with Gasteiger partial charge in [-0.25, -0.2) is 4.79 Å². The molecule has 0 atom stereocenters. The lowest BCUT2D eigenvalue weighted by atomic mass is 9.99. The molecular formula is C22H21N3O3. The molecule has 0 aromatic heterocycles. The van der Waals surface area contributed by atoms with Crippen LogP contribution in [0.25, 0.3) is 0 Å². The highest BCUT2D eigenvalue weighted by molar-refractivity contribution is 5.95. The van der Waals surface area contributed by atoms with E-state index in [1.54, 1.807) is 23.1 Å². The average Bonchev–Trinajstić information content (AvgIpc) is 2.73. The van der Waals surface area contributed by atoms with Crippen LogP contribution in [0.15, 0.2) is 42.5 Å². The number of hydrogen-bond donors (Lipinski definition) is 0. The Morgan fingerprint density at radius 3 is 2.64 bits per heavy atom. The monoisotopic (exact) mass is 375 g/mol. The maximum absolute atomic E-state index is 12.8. The first-order valence-electron chi connectivity index (χ1n) is 9.42. The van der Waals surface area contributed by atoms with Crippen LogP contribution in [-0.4, -0.2) is 36.0 Å². The minimum absolute atomic E-state index is 0.0145. The van der Waals surface area contributed by atoms with Gasteiger partial charge in [-0.1, -0.05) is 18.2 Å². The van der Waals surface area contributed by atoms with Gasteiger partial charge in [0.05, 0.1) is 17.3 Å². The third-order valence-electron chi connectivity index (χ3n) is 5.51. The third-order valence-corrected chi connectivity index (χ3v) is 5.51. The van der Waals surface area contributed by atoms with Crippen molar-refractivity contribution >= 4 is 17.7 Å². The van der Waals surface area contributed by atoms with Crippen molar-refractivity contribution < 1.29 is 14.3 Å². The van der Waals surface area contributed by atoms with Gasteiger partial charge in [-0.05, 0) is 49.6 Å². The number of piperidine rings is 1. The molecule has 0 N–H and O–H groups in total. The van der Waals surface area contributed by atoms with Crippen LogP contribution in [0.1, 0.15) is 39.9 Å². The molecule has 1 fully saturated rings. The normalized spacial score (nSPS) is 16.9. The van der Waals surface area contributed by atoms with Gasteiger partial charge in [0.25, 0.3) is 5.91 Å². The number of hydrogen-bond acceptors (Lipinski definition) is 4. The Balaban J connectivity index is 1.47. The lowest BCUT2D eigenvalue weighted by molar-refractivity contribution is 0.0708. The van der Waals surface area contributed by atoms with Crippen molar-refractivity contribution in [3.05, 3.63) is 64.7 Å². The van der Waals surface area contributed by atoms with Gasteiger partial charge >= 0.3 is 6.09 Å². The molecule has 6 nitrogen and oxygen atoms in total. The molecule has 0 saturated carbocycles. The lowest BCUT2D eigenvalue weighted by Gasteiger charge is -2.40. The van der Waals surface area contributed by atoms with E-state index in [0.29, 0.717) is 43.7 Å². The van der Waals surface area contributed by atoms with Crippen molar-refractivity contribution in [1.82, 2.24) is 4.90 Å². The number of fused-ring (bicyclic) bond motifs is 1. The smallest absolute Gasteiger partial charge is 0.414 e. The third kappa shape index (κ3) is 3.20. The summed E-state index contributed by atoms with van der Waals surface area (Å²) in [6, 6.07) is 15.1. The summed E-state index contributed by atoms with van der Waals surface area (Å²) in [4.78, 5) is 28.8. The van der Waals surface area contributed by atoms with Gasteiger partial charge in [-0.15, -0.1) is 0 Å². The zero-order valence-corrected chi connectivity index (χ0v) is 15.7. The predicted molar refractivity (Wildman–Crippen MR) is 104 cm³/mol. The molecule has 2 heterocycles. The second-order valence-corrected chi connectivity index (χ2v) is 7.22. The number of nitriles is 1. The highest BCUT2D eigenvalue weighted by Gasteiger charge is 2.35. The Morgan fingerprint density at radius 1 is 1.18 bits per heavy atom. The second kappa shape index (κ2) is 7.35. The fourth-order valence-corrected chi connectivity index (χ4v) is 3.95. The fraction of sp³-hybridized carbons (Fsp3) is 0.318. The van der Waals surface area contributed by atoms with E-state index in [4.69, 9.17) is 10.00 Å². The van der Waals surface area contributed by atoms with Gasteiger partial charge in [0.1, 0.15) is 6.61 Å². The summed E-state index contributed by atoms with van der Waals surface area (Å²) in [5.41, 5.74) is 3.89. The van der Waals surface area contributed by atoms with Crippen molar-refractivity contribution in [1.29, 1.82) is 5.26 Å². The number of likely N-dealkylation sites (tertiary alicyclic amines) is 1. The number of ether oxygens (including phenoxy) is 1. The standard InChI is InChI=1S/C22H21N3O3/c1-15-12-16(6-7-17(15)13-23)21(26)24-10-8-19(9-11-24)25-20-5-3-2-4-18(20)14-28-22(25)27/h2-7,12,19H,8-11,14H2,1H3. The number of cyclic esters (lactones) is 1. The molecule has 4 rings (SSSR count). The van der Waals surface area contributed by atoms with Crippen molar-refractivity contribution in [3.8, 4) is 6.07 Å². The highest BCUT2D eigenvalue weighted by atomic mass is 16.6. The molecule has 2 aliphatic rings. The summed E-state index contributed by atoms with van der Waals surface area (Å²) in [6.45, 7) is 3.30. The van der Waals surface area contributed by atoms with Crippen LogP contribution in [0.3, 0.4) is 0 Å². The molecule has 0 spiro atoms. The number of para-hydroxylation sites is 1. The van der Waals surface area contributed by atoms with Crippen molar-refractivity contribution in [3.63, 3.8) is 0 Å². The molecule has 6 heteroatoms. The summed E-state index contributed by atoms with van der Waals surface area (Å²) >= 11 is 0. The van der Waals surface area contributed by atoms with Gasteiger partial charge in [0.2, 0.25) is 0 Å². The average molecular weight is 375 g/mol. The summed E-state index contributed by atoms with van der Waals surface area (Å²) in [5.74, 6) is -0.0346. The first kappa shape index (κ1) is 18.1. The maximum atomic E-state index is 12.8. The molecule has 0 unspecified atom stereocenters. The Labute approximate surface area is 163 Å². The van der Waals surface area contributed by atoms with Gasteiger partial charge in [-0.3, -0.25) is 9.69 Å². The molecule has 2 aromatic rings. The number of benzene rings is 2. The largest absolute Gasteiger partial charge is 0.444 e. The topological polar surface area (TPSA) is 73.6 Å². The first-order chi connectivity index (χ1) is 13.6. The van der Waals surface area contributed by atoms with Crippen molar-refractivity contribution in [2.24, 2.45) is 0 Å². The van der Waals surface area contributed by atoms with Gasteiger partial charge in [-0.2, -0.15) is 5.26 Å². The Hall–Kier alpha value is -3.33. The summed E-state index contributed by atoms with van der Waals surface area (Å²) in [6.07, 6.45) is 1.08. The van der Waals surface area contributed by atoms with Crippen LogP contribution in [0, 0.1) is 18.3 Å². The second-order valence-electron chi connectivity index (χ2n) is 7.22. The molecule has 2 aromatic carbocycles. The molecule has 0 aliphatic carbocycles. The highest BCUT2D eigenvalue weighted by Crippen LogP contribution is 2.32. The summed E-state index contributed by atoms with van der Waals surface area (Å²) in [7, 11) is 0. The zero-order chi connectivity index (χ0) is 19.7. The van der Waals surface area contributed by atoms with Crippen LogP contribution >= 0.6 is 0 Å². The molecule has 0 bridgehead atoms. The maximum Gasteiger partial charge on any atom is 0.414 e.